The van der Waals surface area contributed by atoms with Crippen LogP contribution in [0.4, 0.5) is 0 Å². The van der Waals surface area contributed by atoms with E-state index in [0.717, 1.165) is 0 Å². The summed E-state index contributed by atoms with van der Waals surface area (Å²) in [7, 11) is 0. The number of hydrogen-bond donors (Lipinski definition) is 1. The molecule has 1 aromatic heterocycles. The van der Waals surface area contributed by atoms with Gasteiger partial charge in [-0.05, 0) is 22.6 Å². The van der Waals surface area contributed by atoms with Crippen molar-refractivity contribution >= 4 is 40.2 Å². The molecule has 1 aromatic rings. The highest BCUT2D eigenvalue weighted by atomic mass is 127. The largest absolute Gasteiger partial charge is 0.475 e. The first-order chi connectivity index (χ1) is 5.11. The van der Waals surface area contributed by atoms with Crippen molar-refractivity contribution < 1.29 is 9.90 Å². The number of carboxylic acid groups (broad SMARTS) is 1. The first-order valence-electron chi connectivity index (χ1n) is 2.52. The third-order valence-corrected chi connectivity index (χ3v) is 2.29. The predicted octanol–water partition coefficient (Wildman–Crippen LogP) is 1.43. The lowest BCUT2D eigenvalue weighted by atomic mass is 10.6. The van der Waals surface area contributed by atoms with Crippen molar-refractivity contribution in [2.24, 2.45) is 0 Å². The van der Waals surface area contributed by atoms with Crippen LogP contribution in [0.25, 0.3) is 0 Å². The Morgan fingerprint density at radius 3 is 2.82 bits per heavy atom. The molecule has 1 rings (SSSR count). The molecule has 0 aromatic carbocycles. The van der Waals surface area contributed by atoms with Gasteiger partial charge in [-0.15, -0.1) is 0 Å². The summed E-state index contributed by atoms with van der Waals surface area (Å²) in [6.45, 7) is 0. The van der Waals surface area contributed by atoms with E-state index in [1.54, 1.807) is 0 Å². The number of carbonyl (C=O) groups is 1. The van der Waals surface area contributed by atoms with Crippen LogP contribution >= 0.6 is 34.2 Å². The van der Waals surface area contributed by atoms with E-state index in [4.69, 9.17) is 16.7 Å². The molecular formula is C5H2ClIN2O2. The van der Waals surface area contributed by atoms with E-state index in [1.165, 1.54) is 6.20 Å². The fraction of sp³-hybridized carbons (Fsp3) is 0. The number of aromatic nitrogens is 2. The van der Waals surface area contributed by atoms with E-state index in [1.807, 2.05) is 22.6 Å². The molecule has 0 unspecified atom stereocenters. The summed E-state index contributed by atoms with van der Waals surface area (Å²) >= 11 is 7.45. The molecule has 1 N–H and O–H groups in total. The number of hydrogen-bond acceptors (Lipinski definition) is 3. The van der Waals surface area contributed by atoms with Crippen LogP contribution in [0, 0.1) is 3.57 Å². The van der Waals surface area contributed by atoms with Gasteiger partial charge in [-0.2, -0.15) is 0 Å². The zero-order valence-corrected chi connectivity index (χ0v) is 8.00. The molecule has 58 valence electrons. The van der Waals surface area contributed by atoms with Gasteiger partial charge in [0.05, 0.1) is 3.57 Å². The summed E-state index contributed by atoms with van der Waals surface area (Å²) in [5.41, 5.74) is 0. The van der Waals surface area contributed by atoms with Crippen molar-refractivity contribution in [1.29, 1.82) is 0 Å². The summed E-state index contributed by atoms with van der Waals surface area (Å²) < 4.78 is 0.634. The minimum absolute atomic E-state index is 0.165. The second-order valence-corrected chi connectivity index (χ2v) is 3.16. The first kappa shape index (κ1) is 8.66. The Balaban J connectivity index is 3.15. The van der Waals surface area contributed by atoms with Crippen LogP contribution in [-0.4, -0.2) is 21.0 Å². The highest BCUT2D eigenvalue weighted by Crippen LogP contribution is 2.13. The van der Waals surface area contributed by atoms with E-state index in [-0.39, 0.29) is 11.0 Å². The maximum Gasteiger partial charge on any atom is 0.373 e. The van der Waals surface area contributed by atoms with Gasteiger partial charge in [0.25, 0.3) is 0 Å². The molecule has 11 heavy (non-hydrogen) atoms. The third kappa shape index (κ3) is 2.00. The van der Waals surface area contributed by atoms with Gasteiger partial charge in [0, 0.05) is 6.20 Å². The normalized spacial score (nSPS) is 9.64. The highest BCUT2D eigenvalue weighted by Gasteiger charge is 2.08. The van der Waals surface area contributed by atoms with Gasteiger partial charge in [0.15, 0.2) is 0 Å². The summed E-state index contributed by atoms with van der Waals surface area (Å²) in [5.74, 6) is -1.46. The van der Waals surface area contributed by atoms with Crippen LogP contribution in [0.2, 0.25) is 5.15 Å². The molecule has 0 bridgehead atoms. The quantitative estimate of drug-likeness (QED) is 0.626. The van der Waals surface area contributed by atoms with Crippen molar-refractivity contribution in [1.82, 2.24) is 9.97 Å². The Morgan fingerprint density at radius 1 is 1.73 bits per heavy atom. The zero-order chi connectivity index (χ0) is 8.43. The van der Waals surface area contributed by atoms with Gasteiger partial charge in [-0.25, -0.2) is 14.8 Å². The molecule has 1 heterocycles. The fourth-order valence-corrected chi connectivity index (χ4v) is 0.838. The minimum atomic E-state index is -1.18. The lowest BCUT2D eigenvalue weighted by molar-refractivity contribution is 0.0683. The molecule has 0 spiro atoms. The first-order valence-corrected chi connectivity index (χ1v) is 3.98. The Hall–Kier alpha value is -0.430. The molecule has 6 heteroatoms. The maximum absolute atomic E-state index is 10.3. The Morgan fingerprint density at radius 2 is 2.36 bits per heavy atom. The smallest absolute Gasteiger partial charge is 0.373 e. The number of aromatic carboxylic acids is 1. The van der Waals surface area contributed by atoms with Crippen LogP contribution in [0.1, 0.15) is 10.6 Å². The van der Waals surface area contributed by atoms with Gasteiger partial charge < -0.3 is 5.11 Å². The number of halogens is 2. The van der Waals surface area contributed by atoms with Crippen molar-refractivity contribution in [3.05, 3.63) is 20.7 Å². The van der Waals surface area contributed by atoms with E-state index in [9.17, 15) is 4.79 Å². The molecule has 0 aliphatic rings. The minimum Gasteiger partial charge on any atom is -0.475 e. The number of rotatable bonds is 1. The van der Waals surface area contributed by atoms with E-state index >= 15 is 0 Å². The van der Waals surface area contributed by atoms with Gasteiger partial charge >= 0.3 is 5.97 Å². The zero-order valence-electron chi connectivity index (χ0n) is 5.08. The second-order valence-electron chi connectivity index (χ2n) is 1.64. The lowest BCUT2D eigenvalue weighted by Crippen LogP contribution is -2.04. The van der Waals surface area contributed by atoms with Crippen LogP contribution in [-0.2, 0) is 0 Å². The van der Waals surface area contributed by atoms with Gasteiger partial charge in [-0.3, -0.25) is 0 Å². The van der Waals surface area contributed by atoms with Gasteiger partial charge in [-0.1, -0.05) is 11.6 Å². The SMILES string of the molecule is O=C(O)c1ncc(I)c(Cl)n1. The summed E-state index contributed by atoms with van der Waals surface area (Å²) in [4.78, 5) is 17.3. The van der Waals surface area contributed by atoms with E-state index < -0.39 is 5.97 Å². The third-order valence-electron chi connectivity index (χ3n) is 0.893. The Labute approximate surface area is 80.8 Å². The summed E-state index contributed by atoms with van der Waals surface area (Å²) in [6.07, 6.45) is 1.36. The summed E-state index contributed by atoms with van der Waals surface area (Å²) in [6, 6.07) is 0. The molecule has 4 nitrogen and oxygen atoms in total. The standard InChI is InChI=1S/C5H2ClIN2O2/c6-3-2(7)1-8-4(9-3)5(10)11/h1H,(H,10,11). The fourth-order valence-electron chi connectivity index (χ4n) is 0.449. The molecule has 0 saturated heterocycles. The molecule has 0 amide bonds. The van der Waals surface area contributed by atoms with Crippen molar-refractivity contribution in [2.45, 2.75) is 0 Å². The number of carboxylic acids is 1. The maximum atomic E-state index is 10.3. The molecule has 0 fully saturated rings. The average molecular weight is 284 g/mol. The molecule has 0 aliphatic carbocycles. The predicted molar refractivity (Wildman–Crippen MR) is 46.7 cm³/mol. The molecule has 0 aliphatic heterocycles. The second kappa shape index (κ2) is 3.31. The van der Waals surface area contributed by atoms with Crippen molar-refractivity contribution in [3.8, 4) is 0 Å². The van der Waals surface area contributed by atoms with E-state index in [0.29, 0.717) is 3.57 Å². The Kier molecular flexibility index (Phi) is 2.61. The number of nitrogens with zero attached hydrogens (tertiary/aromatic N) is 2. The molecular weight excluding hydrogens is 282 g/mol. The lowest BCUT2D eigenvalue weighted by Gasteiger charge is -1.94. The van der Waals surface area contributed by atoms with Crippen LogP contribution in [0.5, 0.6) is 0 Å². The van der Waals surface area contributed by atoms with Crippen LogP contribution in [0.3, 0.4) is 0 Å². The van der Waals surface area contributed by atoms with Gasteiger partial charge in [0.1, 0.15) is 5.15 Å². The molecule has 0 saturated carbocycles. The average Bonchev–Trinajstić information content (AvgIpc) is 1.94. The van der Waals surface area contributed by atoms with Crippen molar-refractivity contribution in [2.75, 3.05) is 0 Å². The van der Waals surface area contributed by atoms with Gasteiger partial charge in [0.2, 0.25) is 5.82 Å². The monoisotopic (exact) mass is 284 g/mol. The van der Waals surface area contributed by atoms with Crippen LogP contribution in [0.15, 0.2) is 6.20 Å². The van der Waals surface area contributed by atoms with Crippen LogP contribution < -0.4 is 0 Å². The highest BCUT2D eigenvalue weighted by molar-refractivity contribution is 14.1. The summed E-state index contributed by atoms with van der Waals surface area (Å²) in [5, 5.41) is 8.58. The molecule has 0 atom stereocenters. The van der Waals surface area contributed by atoms with Crippen molar-refractivity contribution in [3.63, 3.8) is 0 Å². The van der Waals surface area contributed by atoms with E-state index in [2.05, 4.69) is 9.97 Å². The topological polar surface area (TPSA) is 63.1 Å². The molecule has 0 radical (unpaired) electrons. The Bertz CT molecular complexity index is 305.